The fourth-order valence-electron chi connectivity index (χ4n) is 2.73. The van der Waals surface area contributed by atoms with Crippen molar-refractivity contribution < 1.29 is 9.53 Å². The summed E-state index contributed by atoms with van der Waals surface area (Å²) in [6.45, 7) is 5.23. The fraction of sp³-hybridized carbons (Fsp3) is 0.350. The molecular weight excluding hydrogens is 356 g/mol. The van der Waals surface area contributed by atoms with Gasteiger partial charge >= 0.3 is 6.09 Å². The first kappa shape index (κ1) is 19.6. The van der Waals surface area contributed by atoms with Gasteiger partial charge in [0, 0.05) is 38.4 Å². The number of carbonyl (C=O) groups is 1. The number of fused-ring (bicyclic) bond motifs is 1. The fourth-order valence-corrected chi connectivity index (χ4v) is 2.73. The van der Waals surface area contributed by atoms with Gasteiger partial charge < -0.3 is 20.7 Å². The second kappa shape index (κ2) is 8.71. The van der Waals surface area contributed by atoms with E-state index < -0.39 is 0 Å². The number of nitrogens with zero attached hydrogens (tertiary/aromatic N) is 4. The van der Waals surface area contributed by atoms with Gasteiger partial charge in [0.25, 0.3) is 0 Å². The van der Waals surface area contributed by atoms with Crippen molar-refractivity contribution in [1.82, 2.24) is 19.5 Å². The average molecular weight is 382 g/mol. The maximum atomic E-state index is 11.8. The van der Waals surface area contributed by atoms with Gasteiger partial charge in [-0.05, 0) is 31.0 Å². The minimum Gasteiger partial charge on any atom is -0.447 e. The third-order valence-electron chi connectivity index (χ3n) is 4.27. The quantitative estimate of drug-likeness (QED) is 0.652. The Labute approximate surface area is 164 Å². The normalized spacial score (nSPS) is 11.0. The highest BCUT2D eigenvalue weighted by Gasteiger charge is 2.12. The molecular formula is C20H26N6O2. The maximum Gasteiger partial charge on any atom is 0.409 e. The summed E-state index contributed by atoms with van der Waals surface area (Å²) in [4.78, 5) is 18.0. The standard InChI is InChI=1S/C20H26N6O2/c1-14(2)28-20(27)25(3)11-9-22-18-8-10-26-19(24-18)17(13-23-26)16-6-4-15(12-21)5-7-16/h4-8,10,13-14H,9,11-12,21H2,1-3H3,(H,22,24). The topological polar surface area (TPSA) is 97.8 Å². The molecule has 148 valence electrons. The number of rotatable bonds is 7. The van der Waals surface area contributed by atoms with Crippen molar-refractivity contribution >= 4 is 17.6 Å². The lowest BCUT2D eigenvalue weighted by atomic mass is 10.1. The van der Waals surface area contributed by atoms with E-state index in [2.05, 4.69) is 15.4 Å². The molecule has 1 amide bonds. The molecule has 1 aromatic carbocycles. The predicted octanol–water partition coefficient (Wildman–Crippen LogP) is 2.74. The van der Waals surface area contributed by atoms with Gasteiger partial charge in [-0.25, -0.2) is 14.3 Å². The number of hydrogen-bond donors (Lipinski definition) is 2. The Morgan fingerprint density at radius 2 is 2.04 bits per heavy atom. The molecule has 0 unspecified atom stereocenters. The number of benzene rings is 1. The number of likely N-dealkylation sites (N-methyl/N-ethyl adjacent to an activating group) is 1. The van der Waals surface area contributed by atoms with Crippen LogP contribution in [0.1, 0.15) is 19.4 Å². The molecule has 0 spiro atoms. The smallest absolute Gasteiger partial charge is 0.409 e. The molecule has 0 atom stereocenters. The van der Waals surface area contributed by atoms with Crippen LogP contribution in [0.5, 0.6) is 0 Å². The van der Waals surface area contributed by atoms with Crippen LogP contribution in [0.15, 0.2) is 42.7 Å². The van der Waals surface area contributed by atoms with Crippen molar-refractivity contribution in [3.05, 3.63) is 48.3 Å². The number of ether oxygens (including phenoxy) is 1. The lowest BCUT2D eigenvalue weighted by Gasteiger charge is -2.19. The Kier molecular flexibility index (Phi) is 6.10. The van der Waals surface area contributed by atoms with E-state index in [1.54, 1.807) is 17.8 Å². The van der Waals surface area contributed by atoms with Gasteiger partial charge in [-0.2, -0.15) is 5.10 Å². The van der Waals surface area contributed by atoms with Gasteiger partial charge in [-0.1, -0.05) is 24.3 Å². The van der Waals surface area contributed by atoms with Crippen LogP contribution in [0.4, 0.5) is 10.6 Å². The first-order chi connectivity index (χ1) is 13.5. The Hall–Kier alpha value is -3.13. The monoisotopic (exact) mass is 382 g/mol. The van der Waals surface area contributed by atoms with E-state index in [1.165, 1.54) is 4.90 Å². The Morgan fingerprint density at radius 3 is 2.71 bits per heavy atom. The average Bonchev–Trinajstić information content (AvgIpc) is 3.10. The van der Waals surface area contributed by atoms with E-state index >= 15 is 0 Å². The molecule has 0 aliphatic heterocycles. The minimum atomic E-state index is -0.334. The summed E-state index contributed by atoms with van der Waals surface area (Å²) in [7, 11) is 1.71. The molecule has 0 aliphatic carbocycles. The van der Waals surface area contributed by atoms with Crippen LogP contribution in [0.25, 0.3) is 16.8 Å². The molecule has 0 saturated heterocycles. The molecule has 0 radical (unpaired) electrons. The highest BCUT2D eigenvalue weighted by Crippen LogP contribution is 2.24. The zero-order valence-electron chi connectivity index (χ0n) is 16.4. The Balaban J connectivity index is 1.69. The number of aromatic nitrogens is 3. The van der Waals surface area contributed by atoms with E-state index in [0.29, 0.717) is 19.6 Å². The molecule has 2 heterocycles. The molecule has 0 fully saturated rings. The maximum absolute atomic E-state index is 11.8. The molecule has 28 heavy (non-hydrogen) atoms. The first-order valence-electron chi connectivity index (χ1n) is 9.27. The van der Waals surface area contributed by atoms with Gasteiger partial charge in [0.15, 0.2) is 5.65 Å². The highest BCUT2D eigenvalue weighted by molar-refractivity contribution is 5.77. The SMILES string of the molecule is CC(C)OC(=O)N(C)CCNc1ccn2ncc(-c3ccc(CN)cc3)c2n1. The van der Waals surface area contributed by atoms with Crippen molar-refractivity contribution in [2.45, 2.75) is 26.5 Å². The Morgan fingerprint density at radius 1 is 1.29 bits per heavy atom. The van der Waals surface area contributed by atoms with Crippen LogP contribution in [0.2, 0.25) is 0 Å². The molecule has 0 bridgehead atoms. The third kappa shape index (κ3) is 4.58. The van der Waals surface area contributed by atoms with E-state index in [-0.39, 0.29) is 12.2 Å². The number of anilines is 1. The summed E-state index contributed by atoms with van der Waals surface area (Å²) in [5.74, 6) is 0.721. The summed E-state index contributed by atoms with van der Waals surface area (Å²) in [5.41, 5.74) is 9.50. The van der Waals surface area contributed by atoms with Gasteiger partial charge in [-0.15, -0.1) is 0 Å². The minimum absolute atomic E-state index is 0.133. The van der Waals surface area contributed by atoms with Crippen LogP contribution in [0, 0.1) is 0 Å². The summed E-state index contributed by atoms with van der Waals surface area (Å²) in [6.07, 6.45) is 3.20. The number of nitrogens with two attached hydrogens (primary N) is 1. The van der Waals surface area contributed by atoms with Crippen molar-refractivity contribution in [3.8, 4) is 11.1 Å². The first-order valence-corrected chi connectivity index (χ1v) is 9.27. The molecule has 3 N–H and O–H groups in total. The van der Waals surface area contributed by atoms with Gasteiger partial charge in [0.1, 0.15) is 5.82 Å². The number of hydrogen-bond acceptors (Lipinski definition) is 6. The molecule has 8 nitrogen and oxygen atoms in total. The van der Waals surface area contributed by atoms with E-state index in [4.69, 9.17) is 10.5 Å². The zero-order valence-corrected chi connectivity index (χ0v) is 16.4. The van der Waals surface area contributed by atoms with Gasteiger partial charge in [-0.3, -0.25) is 0 Å². The Bertz CT molecular complexity index is 936. The summed E-state index contributed by atoms with van der Waals surface area (Å²) in [6, 6.07) is 9.92. The summed E-state index contributed by atoms with van der Waals surface area (Å²) >= 11 is 0. The molecule has 2 aromatic heterocycles. The van der Waals surface area contributed by atoms with Crippen LogP contribution in [-0.4, -0.2) is 51.8 Å². The molecule has 3 aromatic rings. The largest absolute Gasteiger partial charge is 0.447 e. The van der Waals surface area contributed by atoms with Crippen LogP contribution >= 0.6 is 0 Å². The lowest BCUT2D eigenvalue weighted by Crippen LogP contribution is -2.33. The van der Waals surface area contributed by atoms with Crippen LogP contribution in [-0.2, 0) is 11.3 Å². The van der Waals surface area contributed by atoms with Crippen LogP contribution in [0.3, 0.4) is 0 Å². The van der Waals surface area contributed by atoms with Gasteiger partial charge in [0.2, 0.25) is 0 Å². The lowest BCUT2D eigenvalue weighted by molar-refractivity contribution is 0.0851. The van der Waals surface area contributed by atoms with Crippen molar-refractivity contribution in [3.63, 3.8) is 0 Å². The third-order valence-corrected chi connectivity index (χ3v) is 4.27. The predicted molar refractivity (Wildman–Crippen MR) is 109 cm³/mol. The molecule has 0 saturated carbocycles. The summed E-state index contributed by atoms with van der Waals surface area (Å²) in [5, 5.41) is 7.61. The van der Waals surface area contributed by atoms with E-state index in [0.717, 1.165) is 28.2 Å². The summed E-state index contributed by atoms with van der Waals surface area (Å²) < 4.78 is 6.91. The van der Waals surface area contributed by atoms with Gasteiger partial charge in [0.05, 0.1) is 12.3 Å². The second-order valence-electron chi connectivity index (χ2n) is 6.82. The van der Waals surface area contributed by atoms with Crippen molar-refractivity contribution in [1.29, 1.82) is 0 Å². The number of amides is 1. The number of carbonyl (C=O) groups excluding carboxylic acids is 1. The molecule has 0 aliphatic rings. The van der Waals surface area contributed by atoms with Crippen molar-refractivity contribution in [2.24, 2.45) is 5.73 Å². The highest BCUT2D eigenvalue weighted by atomic mass is 16.6. The van der Waals surface area contributed by atoms with Crippen LogP contribution < -0.4 is 11.1 Å². The zero-order chi connectivity index (χ0) is 20.1. The van der Waals surface area contributed by atoms with E-state index in [9.17, 15) is 4.79 Å². The molecule has 8 heteroatoms. The van der Waals surface area contributed by atoms with E-state index in [1.807, 2.05) is 50.4 Å². The molecule has 3 rings (SSSR count). The number of nitrogens with one attached hydrogen (secondary N) is 1. The second-order valence-corrected chi connectivity index (χ2v) is 6.82. The van der Waals surface area contributed by atoms with Crippen molar-refractivity contribution in [2.75, 3.05) is 25.5 Å².